The van der Waals surface area contributed by atoms with Gasteiger partial charge in [-0.15, -0.1) is 0 Å². The number of benzene rings is 2. The van der Waals surface area contributed by atoms with E-state index in [0.717, 1.165) is 22.6 Å². The van der Waals surface area contributed by atoms with E-state index in [9.17, 15) is 14.7 Å². The maximum absolute atomic E-state index is 12.3. The number of para-hydroxylation sites is 2. The zero-order valence-electron chi connectivity index (χ0n) is 15.3. The summed E-state index contributed by atoms with van der Waals surface area (Å²) in [6, 6.07) is 16.2. The summed E-state index contributed by atoms with van der Waals surface area (Å²) in [6.45, 7) is 3.92. The Bertz CT molecular complexity index is 978. The molecule has 0 aliphatic heterocycles. The summed E-state index contributed by atoms with van der Waals surface area (Å²) in [7, 11) is 0. The van der Waals surface area contributed by atoms with Gasteiger partial charge in [-0.2, -0.15) is 5.10 Å². The Morgan fingerprint density at radius 3 is 2.41 bits per heavy atom. The van der Waals surface area contributed by atoms with E-state index in [4.69, 9.17) is 0 Å². The van der Waals surface area contributed by atoms with E-state index in [1.54, 1.807) is 18.2 Å². The number of carboxylic acids is 1. The standard InChI is InChI=1S/C21H21N3O3/c1-14-17(15(2)24(23-14)16-8-4-3-5-9-16)12-13-20(25)22-19-11-7-6-10-18(19)21(26)27/h3-11H,12-13H2,1-2H3,(H,22,25)(H,26,27). The fourth-order valence-electron chi connectivity index (χ4n) is 3.09. The van der Waals surface area contributed by atoms with E-state index >= 15 is 0 Å². The molecule has 1 amide bonds. The molecule has 0 spiro atoms. The van der Waals surface area contributed by atoms with Gasteiger partial charge in [-0.3, -0.25) is 4.79 Å². The van der Waals surface area contributed by atoms with Crippen molar-refractivity contribution in [2.75, 3.05) is 5.32 Å². The van der Waals surface area contributed by atoms with Crippen LogP contribution in [-0.2, 0) is 11.2 Å². The van der Waals surface area contributed by atoms with Crippen molar-refractivity contribution in [1.82, 2.24) is 9.78 Å². The van der Waals surface area contributed by atoms with Crippen molar-refractivity contribution in [3.8, 4) is 5.69 Å². The van der Waals surface area contributed by atoms with Gasteiger partial charge in [-0.05, 0) is 50.1 Å². The zero-order chi connectivity index (χ0) is 19.4. The second-order valence-electron chi connectivity index (χ2n) is 6.30. The molecule has 0 saturated heterocycles. The molecule has 1 aromatic heterocycles. The highest BCUT2D eigenvalue weighted by atomic mass is 16.4. The minimum Gasteiger partial charge on any atom is -0.478 e. The highest BCUT2D eigenvalue weighted by Crippen LogP contribution is 2.20. The van der Waals surface area contributed by atoms with Crippen LogP contribution in [0.2, 0.25) is 0 Å². The lowest BCUT2D eigenvalue weighted by molar-refractivity contribution is -0.116. The number of carbonyl (C=O) groups excluding carboxylic acids is 1. The summed E-state index contributed by atoms with van der Waals surface area (Å²) in [4.78, 5) is 23.6. The lowest BCUT2D eigenvalue weighted by atomic mass is 10.1. The molecule has 6 nitrogen and oxygen atoms in total. The van der Waals surface area contributed by atoms with E-state index in [1.807, 2.05) is 48.9 Å². The first-order valence-electron chi connectivity index (χ1n) is 8.70. The number of amides is 1. The molecule has 138 valence electrons. The Labute approximate surface area is 157 Å². The molecule has 0 saturated carbocycles. The van der Waals surface area contributed by atoms with Crippen molar-refractivity contribution >= 4 is 17.6 Å². The molecule has 27 heavy (non-hydrogen) atoms. The van der Waals surface area contributed by atoms with Crippen LogP contribution in [0.15, 0.2) is 54.6 Å². The maximum atomic E-state index is 12.3. The molecule has 1 heterocycles. The molecule has 3 rings (SSSR count). The van der Waals surface area contributed by atoms with Gasteiger partial charge >= 0.3 is 5.97 Å². The molecule has 0 bridgehead atoms. The van der Waals surface area contributed by atoms with Crippen LogP contribution in [0.25, 0.3) is 5.69 Å². The Morgan fingerprint density at radius 1 is 1.04 bits per heavy atom. The normalized spacial score (nSPS) is 10.6. The van der Waals surface area contributed by atoms with Crippen LogP contribution in [0, 0.1) is 13.8 Å². The number of carbonyl (C=O) groups is 2. The summed E-state index contributed by atoms with van der Waals surface area (Å²) in [5, 5.41) is 16.5. The Hall–Kier alpha value is -3.41. The number of hydrogen-bond acceptors (Lipinski definition) is 3. The first kappa shape index (κ1) is 18.4. The molecule has 0 aliphatic carbocycles. The van der Waals surface area contributed by atoms with Crippen LogP contribution < -0.4 is 5.32 Å². The average molecular weight is 363 g/mol. The van der Waals surface area contributed by atoms with Crippen LogP contribution in [0.5, 0.6) is 0 Å². The second-order valence-corrected chi connectivity index (χ2v) is 6.30. The van der Waals surface area contributed by atoms with Gasteiger partial charge in [-0.1, -0.05) is 30.3 Å². The van der Waals surface area contributed by atoms with E-state index in [1.165, 1.54) is 6.07 Å². The third-order valence-corrected chi connectivity index (χ3v) is 4.48. The summed E-state index contributed by atoms with van der Waals surface area (Å²) in [6.07, 6.45) is 0.779. The third-order valence-electron chi connectivity index (χ3n) is 4.48. The number of anilines is 1. The van der Waals surface area contributed by atoms with E-state index in [2.05, 4.69) is 10.4 Å². The van der Waals surface area contributed by atoms with Crippen molar-refractivity contribution in [1.29, 1.82) is 0 Å². The molecule has 0 unspecified atom stereocenters. The molecule has 3 aromatic rings. The van der Waals surface area contributed by atoms with E-state index in [-0.39, 0.29) is 17.9 Å². The molecule has 2 aromatic carbocycles. The first-order valence-corrected chi connectivity index (χ1v) is 8.70. The van der Waals surface area contributed by atoms with Crippen LogP contribution in [0.3, 0.4) is 0 Å². The van der Waals surface area contributed by atoms with Crippen molar-refractivity contribution < 1.29 is 14.7 Å². The van der Waals surface area contributed by atoms with Gasteiger partial charge in [-0.25, -0.2) is 9.48 Å². The minimum atomic E-state index is -1.07. The number of aromatic nitrogens is 2. The number of rotatable bonds is 6. The number of aromatic carboxylic acids is 1. The highest BCUT2D eigenvalue weighted by Gasteiger charge is 2.15. The van der Waals surface area contributed by atoms with Crippen molar-refractivity contribution in [2.24, 2.45) is 0 Å². The topological polar surface area (TPSA) is 84.2 Å². The van der Waals surface area contributed by atoms with Gasteiger partial charge in [0.15, 0.2) is 0 Å². The monoisotopic (exact) mass is 363 g/mol. The summed E-state index contributed by atoms with van der Waals surface area (Å²) in [5.74, 6) is -1.29. The third kappa shape index (κ3) is 4.06. The number of aryl methyl sites for hydroxylation is 1. The predicted molar refractivity (Wildman–Crippen MR) is 103 cm³/mol. The average Bonchev–Trinajstić information content (AvgIpc) is 2.95. The van der Waals surface area contributed by atoms with Crippen molar-refractivity contribution in [3.05, 3.63) is 77.1 Å². The molecule has 2 N–H and O–H groups in total. The molecule has 0 fully saturated rings. The second kappa shape index (κ2) is 7.86. The molecular formula is C21H21N3O3. The molecule has 0 atom stereocenters. The molecule has 6 heteroatoms. The molecule has 0 aliphatic rings. The van der Waals surface area contributed by atoms with Crippen LogP contribution in [0.4, 0.5) is 5.69 Å². The largest absolute Gasteiger partial charge is 0.478 e. The van der Waals surface area contributed by atoms with Crippen molar-refractivity contribution in [3.63, 3.8) is 0 Å². The maximum Gasteiger partial charge on any atom is 0.337 e. The van der Waals surface area contributed by atoms with Gasteiger partial charge in [0.25, 0.3) is 0 Å². The Morgan fingerprint density at radius 2 is 1.70 bits per heavy atom. The predicted octanol–water partition coefficient (Wildman–Crippen LogP) is 3.76. The fourth-order valence-corrected chi connectivity index (χ4v) is 3.09. The Balaban J connectivity index is 1.72. The number of hydrogen-bond donors (Lipinski definition) is 2. The van der Waals surface area contributed by atoms with Crippen LogP contribution in [-0.4, -0.2) is 26.8 Å². The van der Waals surface area contributed by atoms with Crippen molar-refractivity contribution in [2.45, 2.75) is 26.7 Å². The number of nitrogens with one attached hydrogen (secondary N) is 1. The SMILES string of the molecule is Cc1nn(-c2ccccc2)c(C)c1CCC(=O)Nc1ccccc1C(=O)O. The minimum absolute atomic E-state index is 0.0788. The van der Waals surface area contributed by atoms with Gasteiger partial charge < -0.3 is 10.4 Å². The summed E-state index contributed by atoms with van der Waals surface area (Å²) < 4.78 is 1.88. The summed E-state index contributed by atoms with van der Waals surface area (Å²) >= 11 is 0. The van der Waals surface area contributed by atoms with Gasteiger partial charge in [0.2, 0.25) is 5.91 Å². The first-order chi connectivity index (χ1) is 13.0. The number of nitrogens with zero attached hydrogens (tertiary/aromatic N) is 2. The highest BCUT2D eigenvalue weighted by molar-refractivity contribution is 6.00. The number of carboxylic acid groups (broad SMARTS) is 1. The lowest BCUT2D eigenvalue weighted by Gasteiger charge is -2.09. The smallest absolute Gasteiger partial charge is 0.337 e. The zero-order valence-corrected chi connectivity index (χ0v) is 15.3. The lowest BCUT2D eigenvalue weighted by Crippen LogP contribution is -2.15. The molecular weight excluding hydrogens is 342 g/mol. The molecule has 0 radical (unpaired) electrons. The van der Waals surface area contributed by atoms with E-state index in [0.29, 0.717) is 12.1 Å². The fraction of sp³-hybridized carbons (Fsp3) is 0.190. The summed E-state index contributed by atoms with van der Waals surface area (Å²) in [5.41, 5.74) is 4.27. The van der Waals surface area contributed by atoms with Gasteiger partial charge in [0.05, 0.1) is 22.6 Å². The van der Waals surface area contributed by atoms with Crippen LogP contribution >= 0.6 is 0 Å². The quantitative estimate of drug-likeness (QED) is 0.698. The Kier molecular flexibility index (Phi) is 5.35. The van der Waals surface area contributed by atoms with Gasteiger partial charge in [0.1, 0.15) is 0 Å². The van der Waals surface area contributed by atoms with E-state index < -0.39 is 5.97 Å². The van der Waals surface area contributed by atoms with Gasteiger partial charge in [0, 0.05) is 12.1 Å². The van der Waals surface area contributed by atoms with Crippen LogP contribution in [0.1, 0.15) is 33.7 Å².